The molecule has 1 unspecified atom stereocenters. The average molecular weight is 532 g/mol. The van der Waals surface area contributed by atoms with Gasteiger partial charge in [0, 0.05) is 24.9 Å². The van der Waals surface area contributed by atoms with Crippen LogP contribution in [0.25, 0.3) is 0 Å². The van der Waals surface area contributed by atoms with Gasteiger partial charge in [0.25, 0.3) is 0 Å². The predicted molar refractivity (Wildman–Crippen MR) is 154 cm³/mol. The van der Waals surface area contributed by atoms with E-state index in [0.717, 1.165) is 23.3 Å². The first kappa shape index (κ1) is 29.9. The number of para-hydroxylation sites is 1. The van der Waals surface area contributed by atoms with E-state index in [4.69, 9.17) is 9.47 Å². The fraction of sp³-hybridized carbons (Fsp3) is 0.394. The largest absolute Gasteiger partial charge is 0.490 e. The van der Waals surface area contributed by atoms with Crippen LogP contribution < -0.4 is 9.47 Å². The van der Waals surface area contributed by atoms with Crippen LogP contribution in [0, 0.1) is 5.41 Å². The molecular weight excluding hydrogens is 490 g/mol. The van der Waals surface area contributed by atoms with Crippen LogP contribution in [0.15, 0.2) is 78.9 Å². The molecule has 0 bridgehead atoms. The molecule has 208 valence electrons. The summed E-state index contributed by atoms with van der Waals surface area (Å²) in [4.78, 5) is 27.5. The van der Waals surface area contributed by atoms with Crippen molar-refractivity contribution in [3.63, 3.8) is 0 Å². The summed E-state index contributed by atoms with van der Waals surface area (Å²) in [5, 5.41) is 10.6. The summed E-state index contributed by atoms with van der Waals surface area (Å²) < 4.78 is 11.7. The van der Waals surface area contributed by atoms with Gasteiger partial charge in [-0.25, -0.2) is 0 Å². The molecule has 0 aliphatic carbocycles. The zero-order chi connectivity index (χ0) is 28.3. The third-order valence-electron chi connectivity index (χ3n) is 6.28. The quantitative estimate of drug-likeness (QED) is 0.254. The molecule has 0 saturated heterocycles. The SMILES string of the molecule is CCCN(CC(O)COc1ccccc1C(=O)CCc1ccc(OCc2ccccc2)cc1)C(=O)C(C)(C)C. The number of hydrogen-bond acceptors (Lipinski definition) is 5. The van der Waals surface area contributed by atoms with Crippen molar-refractivity contribution >= 4 is 11.7 Å². The van der Waals surface area contributed by atoms with E-state index in [2.05, 4.69) is 0 Å². The maximum Gasteiger partial charge on any atom is 0.228 e. The van der Waals surface area contributed by atoms with Crippen LogP contribution in [0.5, 0.6) is 11.5 Å². The van der Waals surface area contributed by atoms with Gasteiger partial charge in [-0.15, -0.1) is 0 Å². The van der Waals surface area contributed by atoms with Crippen molar-refractivity contribution in [2.24, 2.45) is 5.41 Å². The molecule has 0 aliphatic heterocycles. The van der Waals surface area contributed by atoms with Crippen LogP contribution in [-0.4, -0.2) is 47.5 Å². The molecule has 0 heterocycles. The van der Waals surface area contributed by atoms with Crippen molar-refractivity contribution in [3.05, 3.63) is 95.6 Å². The second-order valence-electron chi connectivity index (χ2n) is 10.8. The Hall–Kier alpha value is -3.64. The van der Waals surface area contributed by atoms with Crippen LogP contribution in [0.1, 0.15) is 62.0 Å². The number of nitrogens with zero attached hydrogens (tertiary/aromatic N) is 1. The van der Waals surface area contributed by atoms with Gasteiger partial charge in [-0.2, -0.15) is 0 Å². The molecule has 6 nitrogen and oxygen atoms in total. The summed E-state index contributed by atoms with van der Waals surface area (Å²) in [7, 11) is 0. The Morgan fingerprint density at radius 2 is 1.54 bits per heavy atom. The lowest BCUT2D eigenvalue weighted by atomic mass is 9.94. The average Bonchev–Trinajstić information content (AvgIpc) is 2.94. The van der Waals surface area contributed by atoms with Gasteiger partial charge in [-0.05, 0) is 48.2 Å². The van der Waals surface area contributed by atoms with E-state index in [1.165, 1.54) is 0 Å². The second-order valence-corrected chi connectivity index (χ2v) is 10.8. The number of amides is 1. The van der Waals surface area contributed by atoms with E-state index in [9.17, 15) is 14.7 Å². The fourth-order valence-electron chi connectivity index (χ4n) is 4.22. The van der Waals surface area contributed by atoms with Crippen LogP contribution in [-0.2, 0) is 17.8 Å². The molecule has 1 N–H and O–H groups in total. The highest BCUT2D eigenvalue weighted by molar-refractivity contribution is 5.98. The molecular formula is C33H41NO5. The van der Waals surface area contributed by atoms with Crippen molar-refractivity contribution in [2.45, 2.75) is 59.7 Å². The number of aliphatic hydroxyl groups is 1. The number of aliphatic hydroxyl groups excluding tert-OH is 1. The standard InChI is InChI=1S/C33H41NO5/c1-5-21-34(32(37)33(2,3)4)22-27(35)24-39-31-14-10-9-13-29(31)30(36)20-17-25-15-18-28(19-16-25)38-23-26-11-7-6-8-12-26/h6-16,18-19,27,35H,5,17,20-24H2,1-4H3. The first-order chi connectivity index (χ1) is 18.7. The van der Waals surface area contributed by atoms with Crippen molar-refractivity contribution in [2.75, 3.05) is 19.7 Å². The molecule has 0 spiro atoms. The number of ether oxygens (including phenoxy) is 2. The topological polar surface area (TPSA) is 76.1 Å². The molecule has 6 heteroatoms. The van der Waals surface area contributed by atoms with E-state index >= 15 is 0 Å². The summed E-state index contributed by atoms with van der Waals surface area (Å²) >= 11 is 0. The van der Waals surface area contributed by atoms with Crippen molar-refractivity contribution < 1.29 is 24.2 Å². The maximum atomic E-state index is 13.1. The lowest BCUT2D eigenvalue weighted by Gasteiger charge is -2.31. The molecule has 1 atom stereocenters. The normalized spacial score (nSPS) is 12.0. The number of hydrogen-bond donors (Lipinski definition) is 1. The summed E-state index contributed by atoms with van der Waals surface area (Å²) in [6.07, 6.45) is 0.859. The number of Topliss-reactive ketones (excluding diaryl/α,β-unsaturated/α-hetero) is 1. The number of carbonyl (C=O) groups is 2. The Kier molecular flexibility index (Phi) is 11.1. The number of rotatable bonds is 14. The molecule has 0 aliphatic rings. The Bertz CT molecular complexity index is 1180. The van der Waals surface area contributed by atoms with Crippen molar-refractivity contribution in [1.29, 1.82) is 0 Å². The van der Waals surface area contributed by atoms with Crippen LogP contribution in [0.4, 0.5) is 0 Å². The molecule has 0 saturated carbocycles. The maximum absolute atomic E-state index is 13.1. The predicted octanol–water partition coefficient (Wildman–Crippen LogP) is 6.11. The molecule has 0 radical (unpaired) electrons. The van der Waals surface area contributed by atoms with E-state index in [1.54, 1.807) is 29.2 Å². The monoisotopic (exact) mass is 531 g/mol. The van der Waals surface area contributed by atoms with E-state index in [-0.39, 0.29) is 24.8 Å². The zero-order valence-corrected chi connectivity index (χ0v) is 23.6. The molecule has 39 heavy (non-hydrogen) atoms. The Morgan fingerprint density at radius 1 is 0.872 bits per heavy atom. The molecule has 0 aromatic heterocycles. The first-order valence-corrected chi connectivity index (χ1v) is 13.7. The number of carbonyl (C=O) groups excluding carboxylic acids is 2. The first-order valence-electron chi connectivity index (χ1n) is 13.7. The highest BCUT2D eigenvalue weighted by Crippen LogP contribution is 2.22. The summed E-state index contributed by atoms with van der Waals surface area (Å²) in [5.41, 5.74) is 2.12. The van der Waals surface area contributed by atoms with Gasteiger partial charge in [-0.1, -0.05) is 82.3 Å². The van der Waals surface area contributed by atoms with Gasteiger partial charge < -0.3 is 19.5 Å². The van der Waals surface area contributed by atoms with Gasteiger partial charge in [0.1, 0.15) is 30.8 Å². The fourth-order valence-corrected chi connectivity index (χ4v) is 4.22. The molecule has 3 aromatic carbocycles. The highest BCUT2D eigenvalue weighted by Gasteiger charge is 2.28. The van der Waals surface area contributed by atoms with Crippen LogP contribution in [0.3, 0.4) is 0 Å². The second kappa shape index (κ2) is 14.5. The van der Waals surface area contributed by atoms with Crippen molar-refractivity contribution in [1.82, 2.24) is 4.90 Å². The minimum absolute atomic E-state index is 0.00484. The third-order valence-corrected chi connectivity index (χ3v) is 6.28. The lowest BCUT2D eigenvalue weighted by Crippen LogP contribution is -2.45. The van der Waals surface area contributed by atoms with E-state index in [0.29, 0.717) is 37.3 Å². The van der Waals surface area contributed by atoms with E-state index < -0.39 is 11.5 Å². The highest BCUT2D eigenvalue weighted by atomic mass is 16.5. The van der Waals surface area contributed by atoms with E-state index in [1.807, 2.05) is 82.3 Å². The molecule has 1 amide bonds. The Morgan fingerprint density at radius 3 is 2.21 bits per heavy atom. The lowest BCUT2D eigenvalue weighted by molar-refractivity contribution is -0.141. The molecule has 3 aromatic rings. The summed E-state index contributed by atoms with van der Waals surface area (Å²) in [6, 6.07) is 24.9. The Labute approximate surface area is 232 Å². The number of ketones is 1. The van der Waals surface area contributed by atoms with Crippen LogP contribution >= 0.6 is 0 Å². The van der Waals surface area contributed by atoms with Crippen LogP contribution in [0.2, 0.25) is 0 Å². The summed E-state index contributed by atoms with van der Waals surface area (Å²) in [6.45, 7) is 8.88. The minimum Gasteiger partial charge on any atom is -0.490 e. The van der Waals surface area contributed by atoms with Gasteiger partial charge >= 0.3 is 0 Å². The molecule has 3 rings (SSSR count). The van der Waals surface area contributed by atoms with Gasteiger partial charge in [0.2, 0.25) is 5.91 Å². The van der Waals surface area contributed by atoms with Crippen molar-refractivity contribution in [3.8, 4) is 11.5 Å². The smallest absolute Gasteiger partial charge is 0.228 e. The zero-order valence-electron chi connectivity index (χ0n) is 23.6. The Balaban J connectivity index is 1.52. The molecule has 0 fully saturated rings. The number of aryl methyl sites for hydroxylation is 1. The third kappa shape index (κ3) is 9.56. The number of benzene rings is 3. The van der Waals surface area contributed by atoms with Gasteiger partial charge in [0.15, 0.2) is 5.78 Å². The summed E-state index contributed by atoms with van der Waals surface area (Å²) in [5.74, 6) is 1.19. The van der Waals surface area contributed by atoms with Gasteiger partial charge in [-0.3, -0.25) is 9.59 Å². The minimum atomic E-state index is -0.867. The van der Waals surface area contributed by atoms with Gasteiger partial charge in [0.05, 0.1) is 5.56 Å².